The standard InChI is InChI=1S/C21H20F3N7O/c1-12-9-13(2)31(28-12)18-10-17(25-11-26-18)27-20-14(3)19(29-30(20)4)15-5-7-16(8-6-15)32-21(22,23)24/h5-11H,1-4H3,(H,25,26,27). The molecule has 0 bridgehead atoms. The average Bonchev–Trinajstić information content (AvgIpc) is 3.20. The zero-order valence-corrected chi connectivity index (χ0v) is 17.8. The third-order valence-corrected chi connectivity index (χ3v) is 4.77. The number of hydrogen-bond acceptors (Lipinski definition) is 6. The molecule has 0 radical (unpaired) electrons. The zero-order valence-electron chi connectivity index (χ0n) is 17.8. The molecule has 8 nitrogen and oxygen atoms in total. The number of alkyl halides is 3. The first-order valence-electron chi connectivity index (χ1n) is 9.63. The van der Waals surface area contributed by atoms with Crippen LogP contribution < -0.4 is 10.1 Å². The highest BCUT2D eigenvalue weighted by molar-refractivity contribution is 5.71. The highest BCUT2D eigenvalue weighted by atomic mass is 19.4. The van der Waals surface area contributed by atoms with Crippen LogP contribution in [-0.4, -0.2) is 35.9 Å². The summed E-state index contributed by atoms with van der Waals surface area (Å²) < 4.78 is 44.5. The fraction of sp³-hybridized carbons (Fsp3) is 0.238. The first-order chi connectivity index (χ1) is 15.1. The summed E-state index contributed by atoms with van der Waals surface area (Å²) in [6.07, 6.45) is -3.29. The van der Waals surface area contributed by atoms with E-state index < -0.39 is 6.36 Å². The molecule has 0 aliphatic carbocycles. The molecule has 0 unspecified atom stereocenters. The zero-order chi connectivity index (χ0) is 23.0. The Morgan fingerprint density at radius 3 is 2.31 bits per heavy atom. The van der Waals surface area contributed by atoms with Crippen LogP contribution in [0.4, 0.5) is 24.8 Å². The van der Waals surface area contributed by atoms with Crippen molar-refractivity contribution in [1.29, 1.82) is 0 Å². The Hall–Kier alpha value is -3.89. The lowest BCUT2D eigenvalue weighted by Gasteiger charge is -2.09. The Kier molecular flexibility index (Phi) is 5.33. The second-order valence-electron chi connectivity index (χ2n) is 7.24. The summed E-state index contributed by atoms with van der Waals surface area (Å²) in [5.41, 5.74) is 3.93. The maximum absolute atomic E-state index is 12.4. The van der Waals surface area contributed by atoms with Crippen molar-refractivity contribution in [3.05, 3.63) is 59.7 Å². The van der Waals surface area contributed by atoms with E-state index in [1.54, 1.807) is 22.5 Å². The van der Waals surface area contributed by atoms with Gasteiger partial charge in [0, 0.05) is 29.9 Å². The van der Waals surface area contributed by atoms with Gasteiger partial charge in [0.05, 0.1) is 11.4 Å². The molecule has 4 rings (SSSR count). The fourth-order valence-corrected chi connectivity index (χ4v) is 3.41. The number of aromatic nitrogens is 6. The lowest BCUT2D eigenvalue weighted by molar-refractivity contribution is -0.274. The van der Waals surface area contributed by atoms with Crippen LogP contribution in [0.3, 0.4) is 0 Å². The number of nitrogens with zero attached hydrogens (tertiary/aromatic N) is 6. The van der Waals surface area contributed by atoms with Crippen molar-refractivity contribution >= 4 is 11.6 Å². The van der Waals surface area contributed by atoms with Crippen molar-refractivity contribution in [2.75, 3.05) is 5.32 Å². The fourth-order valence-electron chi connectivity index (χ4n) is 3.41. The van der Waals surface area contributed by atoms with Crippen molar-refractivity contribution in [3.8, 4) is 22.8 Å². The molecular formula is C21H20F3N7O. The predicted molar refractivity (Wildman–Crippen MR) is 112 cm³/mol. The quantitative estimate of drug-likeness (QED) is 0.484. The van der Waals surface area contributed by atoms with Crippen LogP contribution in [0, 0.1) is 20.8 Å². The largest absolute Gasteiger partial charge is 0.573 e. The van der Waals surface area contributed by atoms with E-state index in [1.807, 2.05) is 26.8 Å². The second kappa shape index (κ2) is 7.98. The van der Waals surface area contributed by atoms with Crippen molar-refractivity contribution in [1.82, 2.24) is 29.5 Å². The van der Waals surface area contributed by atoms with E-state index in [1.165, 1.54) is 30.6 Å². The van der Waals surface area contributed by atoms with Gasteiger partial charge >= 0.3 is 6.36 Å². The van der Waals surface area contributed by atoms with E-state index in [0.29, 0.717) is 28.7 Å². The number of hydrogen-bond donors (Lipinski definition) is 1. The minimum atomic E-state index is -4.73. The summed E-state index contributed by atoms with van der Waals surface area (Å²) in [5.74, 6) is 1.57. The van der Waals surface area contributed by atoms with E-state index >= 15 is 0 Å². The highest BCUT2D eigenvalue weighted by Gasteiger charge is 2.31. The van der Waals surface area contributed by atoms with E-state index in [2.05, 4.69) is 30.2 Å². The van der Waals surface area contributed by atoms with Crippen LogP contribution in [-0.2, 0) is 7.05 Å². The Balaban J connectivity index is 1.60. The summed E-state index contributed by atoms with van der Waals surface area (Å²) in [5, 5.41) is 12.2. The Morgan fingerprint density at radius 1 is 0.969 bits per heavy atom. The molecule has 11 heteroatoms. The maximum atomic E-state index is 12.4. The molecule has 1 aromatic carbocycles. The molecule has 0 saturated carbocycles. The van der Waals surface area contributed by atoms with Gasteiger partial charge in [-0.3, -0.25) is 4.68 Å². The molecule has 0 amide bonds. The summed E-state index contributed by atoms with van der Waals surface area (Å²) >= 11 is 0. The van der Waals surface area contributed by atoms with E-state index in [4.69, 9.17) is 0 Å². The third kappa shape index (κ3) is 4.41. The number of halogens is 3. The van der Waals surface area contributed by atoms with Gasteiger partial charge in [0.2, 0.25) is 0 Å². The second-order valence-corrected chi connectivity index (χ2v) is 7.24. The molecule has 3 heterocycles. The molecule has 32 heavy (non-hydrogen) atoms. The van der Waals surface area contributed by atoms with Gasteiger partial charge in [-0.25, -0.2) is 14.6 Å². The molecule has 1 N–H and O–H groups in total. The van der Waals surface area contributed by atoms with Gasteiger partial charge in [-0.2, -0.15) is 10.2 Å². The van der Waals surface area contributed by atoms with Gasteiger partial charge in [-0.1, -0.05) is 0 Å². The number of ether oxygens (including phenoxy) is 1. The van der Waals surface area contributed by atoms with Gasteiger partial charge in [-0.15, -0.1) is 13.2 Å². The molecule has 0 aliphatic heterocycles. The van der Waals surface area contributed by atoms with Crippen LogP contribution in [0.25, 0.3) is 17.1 Å². The average molecular weight is 443 g/mol. The molecule has 3 aromatic heterocycles. The molecule has 0 fully saturated rings. The normalized spacial score (nSPS) is 11.6. The Morgan fingerprint density at radius 2 is 1.69 bits per heavy atom. The number of rotatable bonds is 5. The minimum Gasteiger partial charge on any atom is -0.406 e. The predicted octanol–water partition coefficient (Wildman–Crippen LogP) is 4.63. The number of aryl methyl sites for hydroxylation is 3. The van der Waals surface area contributed by atoms with Crippen LogP contribution in [0.1, 0.15) is 17.0 Å². The Labute approximate surface area is 181 Å². The molecule has 4 aromatic rings. The summed E-state index contributed by atoms with van der Waals surface area (Å²) in [6.45, 7) is 5.72. The summed E-state index contributed by atoms with van der Waals surface area (Å²) in [7, 11) is 1.77. The first kappa shape index (κ1) is 21.3. The van der Waals surface area contributed by atoms with Gasteiger partial charge in [-0.05, 0) is 51.1 Å². The first-order valence-corrected chi connectivity index (χ1v) is 9.63. The van der Waals surface area contributed by atoms with Crippen LogP contribution >= 0.6 is 0 Å². The van der Waals surface area contributed by atoms with E-state index in [0.717, 1.165) is 17.0 Å². The van der Waals surface area contributed by atoms with Crippen LogP contribution in [0.5, 0.6) is 5.75 Å². The third-order valence-electron chi connectivity index (χ3n) is 4.77. The monoisotopic (exact) mass is 443 g/mol. The Bertz CT molecular complexity index is 1260. The highest BCUT2D eigenvalue weighted by Crippen LogP contribution is 2.31. The molecule has 166 valence electrons. The van der Waals surface area contributed by atoms with Crippen LogP contribution in [0.15, 0.2) is 42.7 Å². The molecule has 0 aliphatic rings. The smallest absolute Gasteiger partial charge is 0.406 e. The lowest BCUT2D eigenvalue weighted by Crippen LogP contribution is -2.16. The maximum Gasteiger partial charge on any atom is 0.573 e. The SMILES string of the molecule is Cc1cc(C)n(-c2cc(Nc3c(C)c(-c4ccc(OC(F)(F)F)cc4)nn3C)ncn2)n1. The van der Waals surface area contributed by atoms with Crippen LogP contribution in [0.2, 0.25) is 0 Å². The summed E-state index contributed by atoms with van der Waals surface area (Å²) in [6, 6.07) is 9.31. The van der Waals surface area contributed by atoms with Crippen molar-refractivity contribution in [2.24, 2.45) is 7.05 Å². The van der Waals surface area contributed by atoms with Gasteiger partial charge in [0.15, 0.2) is 5.82 Å². The summed E-state index contributed by atoms with van der Waals surface area (Å²) in [4.78, 5) is 8.57. The number of nitrogens with one attached hydrogen (secondary N) is 1. The van der Waals surface area contributed by atoms with Gasteiger partial charge in [0.25, 0.3) is 0 Å². The molecule has 0 saturated heterocycles. The molecule has 0 atom stereocenters. The van der Waals surface area contributed by atoms with Crippen molar-refractivity contribution in [3.63, 3.8) is 0 Å². The van der Waals surface area contributed by atoms with Gasteiger partial charge in [0.1, 0.15) is 23.7 Å². The van der Waals surface area contributed by atoms with Crippen molar-refractivity contribution in [2.45, 2.75) is 27.1 Å². The van der Waals surface area contributed by atoms with E-state index in [-0.39, 0.29) is 5.75 Å². The van der Waals surface area contributed by atoms with E-state index in [9.17, 15) is 13.2 Å². The molecular weight excluding hydrogens is 423 g/mol. The van der Waals surface area contributed by atoms with Gasteiger partial charge < -0.3 is 10.1 Å². The van der Waals surface area contributed by atoms with Crippen molar-refractivity contribution < 1.29 is 17.9 Å². The minimum absolute atomic E-state index is 0.286. The number of anilines is 2. The lowest BCUT2D eigenvalue weighted by atomic mass is 10.1. The number of benzene rings is 1. The molecule has 0 spiro atoms. The topological polar surface area (TPSA) is 82.7 Å².